The van der Waals surface area contributed by atoms with Crippen molar-refractivity contribution < 1.29 is 14.6 Å². The van der Waals surface area contributed by atoms with E-state index in [4.69, 9.17) is 16.3 Å². The van der Waals surface area contributed by atoms with Crippen molar-refractivity contribution in [1.29, 1.82) is 0 Å². The lowest BCUT2D eigenvalue weighted by Crippen LogP contribution is -2.11. The highest BCUT2D eigenvalue weighted by Crippen LogP contribution is 2.28. The number of aromatic nitrogens is 1. The van der Waals surface area contributed by atoms with E-state index in [0.717, 1.165) is 17.0 Å². The number of phenols is 1. The van der Waals surface area contributed by atoms with Crippen LogP contribution in [0.25, 0.3) is 11.3 Å². The van der Waals surface area contributed by atoms with Crippen LogP contribution in [0.15, 0.2) is 47.8 Å². The van der Waals surface area contributed by atoms with E-state index in [1.165, 1.54) is 29.5 Å². The van der Waals surface area contributed by atoms with Gasteiger partial charge in [-0.25, -0.2) is 4.98 Å². The van der Waals surface area contributed by atoms with Crippen LogP contribution in [0.1, 0.15) is 10.4 Å². The molecule has 0 aliphatic carbocycles. The predicted octanol–water partition coefficient (Wildman–Crippen LogP) is 4.43. The molecule has 0 bridgehead atoms. The zero-order valence-electron chi connectivity index (χ0n) is 12.6. The van der Waals surface area contributed by atoms with Gasteiger partial charge in [-0.2, -0.15) is 0 Å². The smallest absolute Gasteiger partial charge is 0.261 e. The molecule has 3 aromatic rings. The minimum absolute atomic E-state index is 0.101. The molecule has 0 unspecified atom stereocenters. The second-order valence-electron chi connectivity index (χ2n) is 4.88. The number of ether oxygens (including phenoxy) is 1. The number of amides is 1. The Hall–Kier alpha value is -2.57. The maximum atomic E-state index is 12.2. The summed E-state index contributed by atoms with van der Waals surface area (Å²) >= 11 is 7.16. The molecule has 0 saturated carbocycles. The molecule has 0 atom stereocenters. The zero-order chi connectivity index (χ0) is 17.1. The van der Waals surface area contributed by atoms with Gasteiger partial charge < -0.3 is 9.84 Å². The lowest BCUT2D eigenvalue weighted by molar-refractivity contribution is 0.102. The Labute approximate surface area is 147 Å². The van der Waals surface area contributed by atoms with Crippen LogP contribution in [0.5, 0.6) is 11.5 Å². The predicted molar refractivity (Wildman–Crippen MR) is 95.2 cm³/mol. The summed E-state index contributed by atoms with van der Waals surface area (Å²) < 4.78 is 5.12. The van der Waals surface area contributed by atoms with E-state index in [1.54, 1.807) is 7.11 Å². The number of phenolic OH excluding ortho intramolecular Hbond substituents is 1. The molecule has 0 spiro atoms. The zero-order valence-corrected chi connectivity index (χ0v) is 14.2. The number of aromatic hydroxyl groups is 1. The molecule has 3 rings (SSSR count). The van der Waals surface area contributed by atoms with Crippen LogP contribution in [0.2, 0.25) is 5.02 Å². The number of carbonyl (C=O) groups is 1. The number of hydrogen-bond acceptors (Lipinski definition) is 5. The van der Waals surface area contributed by atoms with E-state index in [2.05, 4.69) is 10.3 Å². The first-order valence-electron chi connectivity index (χ1n) is 6.96. The summed E-state index contributed by atoms with van der Waals surface area (Å²) in [5.41, 5.74) is 1.76. The number of carbonyl (C=O) groups excluding carboxylic acids is 1. The van der Waals surface area contributed by atoms with Crippen molar-refractivity contribution in [3.63, 3.8) is 0 Å². The summed E-state index contributed by atoms with van der Waals surface area (Å²) in [6.07, 6.45) is 0. The number of anilines is 1. The van der Waals surface area contributed by atoms with Crippen molar-refractivity contribution in [2.45, 2.75) is 0 Å². The maximum Gasteiger partial charge on any atom is 0.261 e. The average Bonchev–Trinajstić information content (AvgIpc) is 3.05. The van der Waals surface area contributed by atoms with Crippen LogP contribution in [0.4, 0.5) is 5.13 Å². The van der Waals surface area contributed by atoms with Crippen molar-refractivity contribution in [3.05, 3.63) is 58.4 Å². The van der Waals surface area contributed by atoms with Crippen LogP contribution < -0.4 is 10.1 Å². The van der Waals surface area contributed by atoms with Gasteiger partial charge in [-0.1, -0.05) is 11.6 Å². The highest BCUT2D eigenvalue weighted by Gasteiger charge is 2.14. The molecule has 0 aliphatic heterocycles. The van der Waals surface area contributed by atoms with Gasteiger partial charge in [0.1, 0.15) is 11.5 Å². The number of benzene rings is 2. The Balaban J connectivity index is 1.78. The third-order valence-corrected chi connectivity index (χ3v) is 4.31. The largest absolute Gasteiger partial charge is 0.507 e. The number of thiazole rings is 1. The van der Waals surface area contributed by atoms with Gasteiger partial charge in [0.15, 0.2) is 5.13 Å². The SMILES string of the molecule is COc1ccc(-c2csc(NC(=O)c3cc(Cl)ccc3O)n2)cc1. The molecule has 122 valence electrons. The first-order valence-corrected chi connectivity index (χ1v) is 8.22. The average molecular weight is 361 g/mol. The van der Waals surface area contributed by atoms with Crippen LogP contribution in [-0.2, 0) is 0 Å². The molecule has 1 aromatic heterocycles. The number of halogens is 1. The molecule has 5 nitrogen and oxygen atoms in total. The van der Waals surface area contributed by atoms with E-state index < -0.39 is 5.91 Å². The van der Waals surface area contributed by atoms with Gasteiger partial charge in [-0.05, 0) is 42.5 Å². The van der Waals surface area contributed by atoms with Gasteiger partial charge in [-0.15, -0.1) is 11.3 Å². The van der Waals surface area contributed by atoms with E-state index in [-0.39, 0.29) is 11.3 Å². The molecule has 1 heterocycles. The van der Waals surface area contributed by atoms with Crippen molar-refractivity contribution in [1.82, 2.24) is 4.98 Å². The lowest BCUT2D eigenvalue weighted by Gasteiger charge is -2.04. The van der Waals surface area contributed by atoms with Gasteiger partial charge >= 0.3 is 0 Å². The highest BCUT2D eigenvalue weighted by atomic mass is 35.5. The fourth-order valence-electron chi connectivity index (χ4n) is 2.08. The van der Waals surface area contributed by atoms with Crippen molar-refractivity contribution in [2.75, 3.05) is 12.4 Å². The number of hydrogen-bond donors (Lipinski definition) is 2. The summed E-state index contributed by atoms with van der Waals surface area (Å²) in [4.78, 5) is 16.6. The minimum Gasteiger partial charge on any atom is -0.507 e. The normalized spacial score (nSPS) is 10.4. The van der Waals surface area contributed by atoms with E-state index >= 15 is 0 Å². The highest BCUT2D eigenvalue weighted by molar-refractivity contribution is 7.14. The van der Waals surface area contributed by atoms with Crippen LogP contribution >= 0.6 is 22.9 Å². The van der Waals surface area contributed by atoms with E-state index in [0.29, 0.717) is 10.2 Å². The Kier molecular flexibility index (Phi) is 4.69. The van der Waals surface area contributed by atoms with Crippen molar-refractivity contribution in [3.8, 4) is 22.8 Å². The fraction of sp³-hybridized carbons (Fsp3) is 0.0588. The molecule has 2 N–H and O–H groups in total. The van der Waals surface area contributed by atoms with Gasteiger partial charge in [-0.3, -0.25) is 10.1 Å². The third kappa shape index (κ3) is 3.50. The summed E-state index contributed by atoms with van der Waals surface area (Å²) in [6, 6.07) is 11.8. The van der Waals surface area contributed by atoms with Crippen LogP contribution in [0, 0.1) is 0 Å². The molecule has 0 saturated heterocycles. The second-order valence-corrected chi connectivity index (χ2v) is 6.18. The van der Waals surface area contributed by atoms with Gasteiger partial charge in [0.05, 0.1) is 18.4 Å². The standard InChI is InChI=1S/C17H13ClN2O3S/c1-23-12-5-2-10(3-6-12)14-9-24-17(19-14)20-16(22)13-8-11(18)4-7-15(13)21/h2-9,21H,1H3,(H,19,20,22). The number of nitrogens with one attached hydrogen (secondary N) is 1. The number of nitrogens with zero attached hydrogens (tertiary/aromatic N) is 1. The molecular formula is C17H13ClN2O3S. The van der Waals surface area contributed by atoms with Crippen LogP contribution in [0.3, 0.4) is 0 Å². The summed E-state index contributed by atoms with van der Waals surface area (Å²) in [7, 11) is 1.61. The van der Waals surface area contributed by atoms with Crippen LogP contribution in [-0.4, -0.2) is 23.1 Å². The molecule has 2 aromatic carbocycles. The minimum atomic E-state index is -0.467. The first kappa shape index (κ1) is 16.3. The van der Waals surface area contributed by atoms with E-state index in [9.17, 15) is 9.90 Å². The summed E-state index contributed by atoms with van der Waals surface area (Å²) in [6.45, 7) is 0. The third-order valence-electron chi connectivity index (χ3n) is 3.31. The number of methoxy groups -OCH3 is 1. The summed E-state index contributed by atoms with van der Waals surface area (Å²) in [5.74, 6) is 0.161. The molecule has 1 amide bonds. The first-order chi connectivity index (χ1) is 11.6. The van der Waals surface area contributed by atoms with Gasteiger partial charge in [0.2, 0.25) is 0 Å². The Bertz CT molecular complexity index is 878. The van der Waals surface area contributed by atoms with Crippen molar-refractivity contribution >= 4 is 34.0 Å². The van der Waals surface area contributed by atoms with Crippen molar-refractivity contribution in [2.24, 2.45) is 0 Å². The van der Waals surface area contributed by atoms with E-state index in [1.807, 2.05) is 29.6 Å². The quantitative estimate of drug-likeness (QED) is 0.722. The summed E-state index contributed by atoms with van der Waals surface area (Å²) in [5, 5.41) is 15.1. The van der Waals surface area contributed by atoms with Gasteiger partial charge in [0, 0.05) is 16.0 Å². The number of rotatable bonds is 4. The lowest BCUT2D eigenvalue weighted by atomic mass is 10.2. The Morgan fingerprint density at radius 3 is 2.71 bits per heavy atom. The monoisotopic (exact) mass is 360 g/mol. The molecule has 24 heavy (non-hydrogen) atoms. The molecular weight excluding hydrogens is 348 g/mol. The Morgan fingerprint density at radius 2 is 2.00 bits per heavy atom. The topological polar surface area (TPSA) is 71.5 Å². The maximum absolute atomic E-state index is 12.2. The Morgan fingerprint density at radius 1 is 1.25 bits per heavy atom. The second kappa shape index (κ2) is 6.90. The molecule has 0 radical (unpaired) electrons. The molecule has 0 aliphatic rings. The van der Waals surface area contributed by atoms with Gasteiger partial charge in [0.25, 0.3) is 5.91 Å². The molecule has 7 heteroatoms. The molecule has 0 fully saturated rings. The fourth-order valence-corrected chi connectivity index (χ4v) is 2.97.